The molecule has 1 aromatic carbocycles. The van der Waals surface area contributed by atoms with Gasteiger partial charge < -0.3 is 14.8 Å². The van der Waals surface area contributed by atoms with Gasteiger partial charge in [-0.25, -0.2) is 4.98 Å². The molecule has 0 fully saturated rings. The van der Waals surface area contributed by atoms with E-state index in [-0.39, 0.29) is 6.04 Å². The molecular weight excluding hydrogens is 372 g/mol. The molecule has 0 aliphatic heterocycles. The van der Waals surface area contributed by atoms with Crippen LogP contribution in [-0.4, -0.2) is 29.0 Å². The Balaban J connectivity index is 1.77. The first-order valence-corrected chi connectivity index (χ1v) is 9.96. The van der Waals surface area contributed by atoms with Crippen molar-refractivity contribution in [1.29, 1.82) is 0 Å². The number of rotatable bonds is 5. The average molecular weight is 397 g/mol. The van der Waals surface area contributed by atoms with E-state index in [0.717, 1.165) is 43.6 Å². The van der Waals surface area contributed by atoms with Crippen LogP contribution < -0.4 is 14.8 Å². The maximum atomic E-state index is 5.40. The van der Waals surface area contributed by atoms with Gasteiger partial charge in [-0.15, -0.1) is 11.3 Å². The van der Waals surface area contributed by atoms with Crippen LogP contribution >= 0.6 is 11.3 Å². The fourth-order valence-electron chi connectivity index (χ4n) is 3.60. The standard InChI is InChI=1S/C21H24N4O2S/c1-11-7-12(2)22-21-17(11)18-19(28-21)20(24-25(18)4)23-13(3)14-8-15(26-5)10-16(9-14)27-6/h7-10,13H,1-6H3,(H,23,24). The Morgan fingerprint density at radius 3 is 2.39 bits per heavy atom. The average Bonchev–Trinajstić information content (AvgIpc) is 3.19. The van der Waals surface area contributed by atoms with Gasteiger partial charge in [0.05, 0.1) is 30.5 Å². The lowest BCUT2D eigenvalue weighted by molar-refractivity contribution is 0.393. The van der Waals surface area contributed by atoms with Gasteiger partial charge in [0.2, 0.25) is 0 Å². The highest BCUT2D eigenvalue weighted by atomic mass is 32.1. The SMILES string of the molecule is COc1cc(OC)cc(C(C)Nc2nn(C)c3c2sc2nc(C)cc(C)c23)c1. The van der Waals surface area contributed by atoms with Gasteiger partial charge in [-0.2, -0.15) is 5.10 Å². The summed E-state index contributed by atoms with van der Waals surface area (Å²) in [6.45, 7) is 6.27. The number of ether oxygens (including phenoxy) is 2. The minimum Gasteiger partial charge on any atom is -0.497 e. The van der Waals surface area contributed by atoms with Crippen molar-refractivity contribution in [2.75, 3.05) is 19.5 Å². The first-order chi connectivity index (χ1) is 13.4. The lowest BCUT2D eigenvalue weighted by Gasteiger charge is -2.16. The second-order valence-corrected chi connectivity index (χ2v) is 8.02. The highest BCUT2D eigenvalue weighted by Crippen LogP contribution is 2.40. The molecular formula is C21H24N4O2S. The molecule has 146 valence electrons. The first-order valence-electron chi connectivity index (χ1n) is 9.14. The van der Waals surface area contributed by atoms with Crippen LogP contribution in [0.1, 0.15) is 29.8 Å². The molecule has 0 aliphatic rings. The molecule has 0 bridgehead atoms. The number of hydrogen-bond acceptors (Lipinski definition) is 6. The Bertz CT molecular complexity index is 1160. The van der Waals surface area contributed by atoms with Gasteiger partial charge in [0, 0.05) is 24.2 Å². The van der Waals surface area contributed by atoms with Crippen molar-refractivity contribution in [2.45, 2.75) is 26.8 Å². The summed E-state index contributed by atoms with van der Waals surface area (Å²) in [5.41, 5.74) is 4.47. The fraction of sp³-hybridized carbons (Fsp3) is 0.333. The highest BCUT2D eigenvalue weighted by molar-refractivity contribution is 7.26. The number of pyridine rings is 1. The Morgan fingerprint density at radius 2 is 1.75 bits per heavy atom. The molecule has 3 heterocycles. The number of hydrogen-bond donors (Lipinski definition) is 1. The number of methoxy groups -OCH3 is 2. The summed E-state index contributed by atoms with van der Waals surface area (Å²) in [5.74, 6) is 2.41. The van der Waals surface area contributed by atoms with Gasteiger partial charge in [-0.3, -0.25) is 4.68 Å². The number of benzene rings is 1. The number of aromatic nitrogens is 3. The molecule has 7 heteroatoms. The van der Waals surface area contributed by atoms with Gasteiger partial charge in [-0.1, -0.05) is 0 Å². The maximum absolute atomic E-state index is 5.40. The zero-order valence-electron chi connectivity index (χ0n) is 17.0. The van der Waals surface area contributed by atoms with Crippen LogP contribution in [0.5, 0.6) is 11.5 Å². The molecule has 0 amide bonds. The zero-order chi connectivity index (χ0) is 20.0. The third-order valence-electron chi connectivity index (χ3n) is 4.98. The Hall–Kier alpha value is -2.80. The molecule has 1 atom stereocenters. The summed E-state index contributed by atoms with van der Waals surface area (Å²) in [6, 6.07) is 8.06. The van der Waals surface area contributed by atoms with Crippen LogP contribution in [0.2, 0.25) is 0 Å². The molecule has 3 aromatic heterocycles. The van der Waals surface area contributed by atoms with Crippen molar-refractivity contribution in [2.24, 2.45) is 7.05 Å². The summed E-state index contributed by atoms with van der Waals surface area (Å²) in [7, 11) is 5.30. The smallest absolute Gasteiger partial charge is 0.166 e. The Kier molecular flexibility index (Phi) is 4.63. The van der Waals surface area contributed by atoms with Crippen LogP contribution in [-0.2, 0) is 7.05 Å². The van der Waals surface area contributed by atoms with E-state index in [1.807, 2.05) is 36.9 Å². The fourth-order valence-corrected chi connectivity index (χ4v) is 4.87. The normalized spacial score (nSPS) is 12.5. The second-order valence-electron chi connectivity index (χ2n) is 7.02. The molecule has 4 rings (SSSR count). The highest BCUT2D eigenvalue weighted by Gasteiger charge is 2.20. The lowest BCUT2D eigenvalue weighted by Crippen LogP contribution is -2.08. The molecule has 0 aliphatic carbocycles. The molecule has 1 N–H and O–H groups in total. The van der Waals surface area contributed by atoms with Crippen LogP contribution in [0.3, 0.4) is 0 Å². The quantitative estimate of drug-likeness (QED) is 0.515. The predicted molar refractivity (Wildman–Crippen MR) is 115 cm³/mol. The predicted octanol–water partition coefficient (Wildman–Crippen LogP) is 4.99. The molecule has 0 radical (unpaired) electrons. The molecule has 28 heavy (non-hydrogen) atoms. The number of nitrogens with one attached hydrogen (secondary N) is 1. The largest absolute Gasteiger partial charge is 0.497 e. The number of nitrogens with zero attached hydrogens (tertiary/aromatic N) is 3. The van der Waals surface area contributed by atoms with Crippen LogP contribution in [0.4, 0.5) is 5.82 Å². The third-order valence-corrected chi connectivity index (χ3v) is 6.06. The van der Waals surface area contributed by atoms with E-state index in [1.165, 1.54) is 10.9 Å². The van der Waals surface area contributed by atoms with Crippen molar-refractivity contribution in [3.05, 3.63) is 41.1 Å². The monoisotopic (exact) mass is 396 g/mol. The second kappa shape index (κ2) is 6.98. The van der Waals surface area contributed by atoms with Gasteiger partial charge in [-0.05, 0) is 50.1 Å². The Morgan fingerprint density at radius 1 is 1.07 bits per heavy atom. The molecule has 0 spiro atoms. The minimum absolute atomic E-state index is 0.0307. The van der Waals surface area contributed by atoms with E-state index in [1.54, 1.807) is 25.6 Å². The lowest BCUT2D eigenvalue weighted by atomic mass is 10.1. The summed E-state index contributed by atoms with van der Waals surface area (Å²) in [5, 5.41) is 9.48. The van der Waals surface area contributed by atoms with E-state index in [2.05, 4.69) is 25.2 Å². The van der Waals surface area contributed by atoms with Gasteiger partial charge in [0.25, 0.3) is 0 Å². The van der Waals surface area contributed by atoms with Crippen LogP contribution in [0.15, 0.2) is 24.3 Å². The minimum atomic E-state index is 0.0307. The van der Waals surface area contributed by atoms with Gasteiger partial charge in [0.15, 0.2) is 5.82 Å². The molecule has 0 saturated heterocycles. The summed E-state index contributed by atoms with van der Waals surface area (Å²) in [4.78, 5) is 5.78. The summed E-state index contributed by atoms with van der Waals surface area (Å²) in [6.07, 6.45) is 0. The van der Waals surface area contributed by atoms with E-state index in [0.29, 0.717) is 0 Å². The molecule has 4 aromatic rings. The first kappa shape index (κ1) is 18.6. The zero-order valence-corrected chi connectivity index (χ0v) is 17.8. The van der Waals surface area contributed by atoms with Crippen molar-refractivity contribution in [1.82, 2.24) is 14.8 Å². The number of thiophene rings is 1. The topological polar surface area (TPSA) is 61.2 Å². The maximum Gasteiger partial charge on any atom is 0.166 e. The van der Waals surface area contributed by atoms with Gasteiger partial charge in [0.1, 0.15) is 16.3 Å². The van der Waals surface area contributed by atoms with Crippen molar-refractivity contribution < 1.29 is 9.47 Å². The van der Waals surface area contributed by atoms with Gasteiger partial charge >= 0.3 is 0 Å². The number of aryl methyl sites for hydroxylation is 3. The van der Waals surface area contributed by atoms with Crippen LogP contribution in [0, 0.1) is 13.8 Å². The molecule has 0 saturated carbocycles. The van der Waals surface area contributed by atoms with Crippen molar-refractivity contribution in [3.8, 4) is 11.5 Å². The Labute approximate surface area is 168 Å². The summed E-state index contributed by atoms with van der Waals surface area (Å²) < 4.78 is 13.9. The van der Waals surface area contributed by atoms with Crippen molar-refractivity contribution >= 4 is 37.6 Å². The van der Waals surface area contributed by atoms with E-state index in [9.17, 15) is 0 Å². The van der Waals surface area contributed by atoms with E-state index in [4.69, 9.17) is 19.6 Å². The number of fused-ring (bicyclic) bond motifs is 3. The number of anilines is 1. The summed E-state index contributed by atoms with van der Waals surface area (Å²) >= 11 is 1.68. The molecule has 1 unspecified atom stereocenters. The van der Waals surface area contributed by atoms with E-state index < -0.39 is 0 Å². The molecule has 6 nitrogen and oxygen atoms in total. The van der Waals surface area contributed by atoms with Crippen molar-refractivity contribution in [3.63, 3.8) is 0 Å². The van der Waals surface area contributed by atoms with E-state index >= 15 is 0 Å². The van der Waals surface area contributed by atoms with Crippen LogP contribution in [0.25, 0.3) is 20.4 Å². The third kappa shape index (κ3) is 3.05.